The first kappa shape index (κ1) is 16.3. The predicted octanol–water partition coefficient (Wildman–Crippen LogP) is 2.37. The molecule has 3 N–H and O–H groups in total. The van der Waals surface area contributed by atoms with E-state index < -0.39 is 0 Å². The average molecular weight is 301 g/mol. The molecule has 1 atom stereocenters. The van der Waals surface area contributed by atoms with Crippen LogP contribution in [0.25, 0.3) is 0 Å². The summed E-state index contributed by atoms with van der Waals surface area (Å²) in [5.74, 6) is 2.56. The Morgan fingerprint density at radius 3 is 2.58 bits per heavy atom. The second-order valence-corrected chi connectivity index (χ2v) is 5.87. The third kappa shape index (κ3) is 5.05. The van der Waals surface area contributed by atoms with Crippen LogP contribution in [-0.4, -0.2) is 24.0 Å². The molecule has 0 radical (unpaired) electrons. The summed E-state index contributed by atoms with van der Waals surface area (Å²) in [6.07, 6.45) is 1.99. The Morgan fingerprint density at radius 2 is 1.95 bits per heavy atom. The summed E-state index contributed by atoms with van der Waals surface area (Å²) in [4.78, 5) is 12.0. The van der Waals surface area contributed by atoms with Crippen LogP contribution < -0.4 is 11.1 Å². The monoisotopic (exact) mass is 300 g/mol. The third-order valence-corrected chi connectivity index (χ3v) is 4.36. The van der Waals surface area contributed by atoms with Gasteiger partial charge in [0.15, 0.2) is 0 Å². The van der Waals surface area contributed by atoms with Gasteiger partial charge in [-0.15, -0.1) is 12.4 Å². The Morgan fingerprint density at radius 1 is 1.32 bits per heavy atom. The summed E-state index contributed by atoms with van der Waals surface area (Å²) >= 11 is 1.93. The maximum absolute atomic E-state index is 12.0. The van der Waals surface area contributed by atoms with Gasteiger partial charge in [-0.1, -0.05) is 30.3 Å². The topological polar surface area (TPSA) is 55.1 Å². The molecule has 0 aromatic heterocycles. The molecular weight excluding hydrogens is 280 g/mol. The molecule has 1 fully saturated rings. The molecule has 5 heteroatoms. The Bertz CT molecular complexity index is 382. The lowest BCUT2D eigenvalue weighted by Crippen LogP contribution is -2.37. The van der Waals surface area contributed by atoms with Gasteiger partial charge in [-0.05, 0) is 29.9 Å². The van der Waals surface area contributed by atoms with Crippen LogP contribution in [0.1, 0.15) is 24.4 Å². The summed E-state index contributed by atoms with van der Waals surface area (Å²) < 4.78 is 0. The van der Waals surface area contributed by atoms with Crippen molar-refractivity contribution in [3.8, 4) is 0 Å². The first-order valence-corrected chi connectivity index (χ1v) is 7.59. The molecule has 106 valence electrons. The van der Waals surface area contributed by atoms with E-state index in [2.05, 4.69) is 5.32 Å². The largest absolute Gasteiger partial charge is 0.354 e. The Kier molecular flexibility index (Phi) is 7.28. The number of nitrogens with two attached hydrogens (primary N) is 1. The number of carbonyl (C=O) groups excluding carboxylic acids is 1. The fourth-order valence-electron chi connectivity index (χ4n) is 2.13. The number of halogens is 1. The molecule has 1 aromatic carbocycles. The van der Waals surface area contributed by atoms with Gasteiger partial charge in [0.2, 0.25) is 5.91 Å². The van der Waals surface area contributed by atoms with E-state index in [0.29, 0.717) is 6.54 Å². The van der Waals surface area contributed by atoms with Gasteiger partial charge >= 0.3 is 0 Å². The van der Waals surface area contributed by atoms with Crippen molar-refractivity contribution in [1.29, 1.82) is 0 Å². The minimum absolute atomic E-state index is 0. The number of hydrogen-bond donors (Lipinski definition) is 2. The maximum Gasteiger partial charge on any atom is 0.223 e. The summed E-state index contributed by atoms with van der Waals surface area (Å²) in [5, 5.41) is 2.98. The van der Waals surface area contributed by atoms with E-state index in [-0.39, 0.29) is 30.3 Å². The van der Waals surface area contributed by atoms with Gasteiger partial charge in [-0.3, -0.25) is 4.79 Å². The summed E-state index contributed by atoms with van der Waals surface area (Å²) in [7, 11) is 0. The molecule has 1 heterocycles. The van der Waals surface area contributed by atoms with Gasteiger partial charge < -0.3 is 11.1 Å². The molecule has 1 amide bonds. The van der Waals surface area contributed by atoms with Crippen molar-refractivity contribution in [2.24, 2.45) is 11.7 Å². The molecule has 19 heavy (non-hydrogen) atoms. The van der Waals surface area contributed by atoms with Gasteiger partial charge in [0, 0.05) is 18.5 Å². The van der Waals surface area contributed by atoms with Crippen LogP contribution in [-0.2, 0) is 4.79 Å². The van der Waals surface area contributed by atoms with Gasteiger partial charge in [-0.2, -0.15) is 11.8 Å². The molecule has 1 saturated heterocycles. The molecule has 0 bridgehead atoms. The number of hydrogen-bond acceptors (Lipinski definition) is 3. The van der Waals surface area contributed by atoms with Gasteiger partial charge in [-0.25, -0.2) is 0 Å². The maximum atomic E-state index is 12.0. The molecule has 1 aromatic rings. The van der Waals surface area contributed by atoms with Crippen molar-refractivity contribution in [2.45, 2.75) is 18.9 Å². The normalized spacial score (nSPS) is 17.3. The molecule has 3 nitrogen and oxygen atoms in total. The van der Waals surface area contributed by atoms with E-state index in [1.807, 2.05) is 42.1 Å². The SMILES string of the molecule is Cl.NC(CNC(=O)C1CCSCC1)c1ccccc1. The highest BCUT2D eigenvalue weighted by molar-refractivity contribution is 7.99. The lowest BCUT2D eigenvalue weighted by molar-refractivity contribution is -0.125. The van der Waals surface area contributed by atoms with Crippen LogP contribution >= 0.6 is 24.2 Å². The minimum atomic E-state index is -0.117. The summed E-state index contributed by atoms with van der Waals surface area (Å²) in [6, 6.07) is 9.77. The van der Waals surface area contributed by atoms with Gasteiger partial charge in [0.1, 0.15) is 0 Å². The lowest BCUT2D eigenvalue weighted by atomic mass is 10.0. The zero-order valence-electron chi connectivity index (χ0n) is 10.9. The van der Waals surface area contributed by atoms with Crippen LogP contribution in [0, 0.1) is 5.92 Å². The number of amides is 1. The van der Waals surface area contributed by atoms with Crippen molar-refractivity contribution in [2.75, 3.05) is 18.1 Å². The zero-order valence-corrected chi connectivity index (χ0v) is 12.5. The zero-order chi connectivity index (χ0) is 12.8. The molecule has 0 spiro atoms. The van der Waals surface area contributed by atoms with E-state index in [0.717, 1.165) is 29.9 Å². The second kappa shape index (κ2) is 8.46. The Hall–Kier alpha value is -0.710. The van der Waals surface area contributed by atoms with Crippen molar-refractivity contribution in [1.82, 2.24) is 5.32 Å². The highest BCUT2D eigenvalue weighted by Crippen LogP contribution is 2.22. The van der Waals surface area contributed by atoms with Crippen molar-refractivity contribution in [3.05, 3.63) is 35.9 Å². The standard InChI is InChI=1S/C14H20N2OS.ClH/c15-13(11-4-2-1-3-5-11)10-16-14(17)12-6-8-18-9-7-12;/h1-5,12-13H,6-10,15H2,(H,16,17);1H. The number of benzene rings is 1. The van der Waals surface area contributed by atoms with Gasteiger partial charge in [0.05, 0.1) is 0 Å². The smallest absolute Gasteiger partial charge is 0.223 e. The molecule has 0 aliphatic carbocycles. The predicted molar refractivity (Wildman–Crippen MR) is 83.7 cm³/mol. The van der Waals surface area contributed by atoms with E-state index in [1.54, 1.807) is 0 Å². The number of thioether (sulfide) groups is 1. The van der Waals surface area contributed by atoms with E-state index >= 15 is 0 Å². The highest BCUT2D eigenvalue weighted by atomic mass is 35.5. The molecule has 0 saturated carbocycles. The number of rotatable bonds is 4. The van der Waals surface area contributed by atoms with Crippen LogP contribution in [0.2, 0.25) is 0 Å². The Balaban J connectivity index is 0.00000180. The molecule has 1 aliphatic heterocycles. The fourth-order valence-corrected chi connectivity index (χ4v) is 3.24. The number of carbonyl (C=O) groups is 1. The fraction of sp³-hybridized carbons (Fsp3) is 0.500. The molecule has 1 unspecified atom stereocenters. The van der Waals surface area contributed by atoms with Crippen molar-refractivity contribution < 1.29 is 4.79 Å². The van der Waals surface area contributed by atoms with Crippen molar-refractivity contribution >= 4 is 30.1 Å². The first-order valence-electron chi connectivity index (χ1n) is 6.43. The van der Waals surface area contributed by atoms with Gasteiger partial charge in [0.25, 0.3) is 0 Å². The van der Waals surface area contributed by atoms with Crippen LogP contribution in [0.5, 0.6) is 0 Å². The Labute approximate surface area is 125 Å². The lowest BCUT2D eigenvalue weighted by Gasteiger charge is -2.21. The first-order chi connectivity index (χ1) is 8.77. The van der Waals surface area contributed by atoms with E-state index in [4.69, 9.17) is 5.73 Å². The average Bonchev–Trinajstić information content (AvgIpc) is 2.46. The van der Waals surface area contributed by atoms with E-state index in [9.17, 15) is 4.79 Å². The molecular formula is C14H21ClN2OS. The van der Waals surface area contributed by atoms with Crippen molar-refractivity contribution in [3.63, 3.8) is 0 Å². The second-order valence-electron chi connectivity index (χ2n) is 4.65. The summed E-state index contributed by atoms with van der Waals surface area (Å²) in [5.41, 5.74) is 7.12. The minimum Gasteiger partial charge on any atom is -0.354 e. The van der Waals surface area contributed by atoms with Crippen LogP contribution in [0.15, 0.2) is 30.3 Å². The number of nitrogens with one attached hydrogen (secondary N) is 1. The van der Waals surface area contributed by atoms with E-state index in [1.165, 1.54) is 0 Å². The molecule has 1 aliphatic rings. The van der Waals surface area contributed by atoms with Crippen LogP contribution in [0.3, 0.4) is 0 Å². The molecule has 2 rings (SSSR count). The highest BCUT2D eigenvalue weighted by Gasteiger charge is 2.21. The summed E-state index contributed by atoms with van der Waals surface area (Å²) in [6.45, 7) is 0.520. The third-order valence-electron chi connectivity index (χ3n) is 3.32. The van der Waals surface area contributed by atoms with Crippen LogP contribution in [0.4, 0.5) is 0 Å². The quantitative estimate of drug-likeness (QED) is 0.897.